The van der Waals surface area contributed by atoms with E-state index < -0.39 is 34.3 Å². The summed E-state index contributed by atoms with van der Waals surface area (Å²) in [6.07, 6.45) is 3.70. The van der Waals surface area contributed by atoms with E-state index in [9.17, 15) is 22.4 Å². The molecule has 1 atom stereocenters. The first-order valence-electron chi connectivity index (χ1n) is 13.4. The molecule has 1 fully saturated rings. The van der Waals surface area contributed by atoms with Crippen molar-refractivity contribution < 1.29 is 27.1 Å². The SMILES string of the molecule is COc1ccc(Cl)cc1N(CC(=O)N(Cc1ccccc1F)[C@H](C)C(=O)NC1CCCC1)S(=O)(=O)c1ccccc1. The first-order valence-corrected chi connectivity index (χ1v) is 15.2. The highest BCUT2D eigenvalue weighted by Gasteiger charge is 2.34. The molecule has 2 amide bonds. The molecule has 1 N–H and O–H groups in total. The van der Waals surface area contributed by atoms with Gasteiger partial charge < -0.3 is 15.0 Å². The topological polar surface area (TPSA) is 96.0 Å². The first kappa shape index (κ1) is 30.3. The molecular formula is C30H33ClFN3O5S. The predicted octanol–water partition coefficient (Wildman–Crippen LogP) is 5.16. The molecule has 1 aliphatic carbocycles. The standard InChI is InChI=1S/C30H33ClFN3O5S/c1-21(30(37)33-24-11-7-8-12-24)34(19-22-10-6-9-15-26(22)32)29(36)20-35(27-18-23(31)16-17-28(27)40-2)41(38,39)25-13-4-3-5-14-25/h3-6,9-10,13-18,21,24H,7-8,11-12,19-20H2,1-2H3,(H,33,37)/t21-/m1/s1. The average Bonchev–Trinajstić information content (AvgIpc) is 3.48. The van der Waals surface area contributed by atoms with Crippen molar-refractivity contribution in [2.24, 2.45) is 0 Å². The molecular weight excluding hydrogens is 569 g/mol. The third kappa shape index (κ3) is 7.18. The molecule has 0 unspecified atom stereocenters. The van der Waals surface area contributed by atoms with Gasteiger partial charge in [-0.2, -0.15) is 0 Å². The number of carbonyl (C=O) groups is 2. The van der Waals surface area contributed by atoms with E-state index in [1.165, 1.54) is 54.5 Å². The number of sulfonamides is 1. The van der Waals surface area contributed by atoms with Crippen LogP contribution in [0.1, 0.15) is 38.2 Å². The van der Waals surface area contributed by atoms with E-state index in [4.69, 9.17) is 16.3 Å². The summed E-state index contributed by atoms with van der Waals surface area (Å²) in [5.74, 6) is -1.46. The Hall–Kier alpha value is -3.63. The van der Waals surface area contributed by atoms with Crippen LogP contribution in [0.25, 0.3) is 0 Å². The fourth-order valence-corrected chi connectivity index (χ4v) is 6.48. The zero-order valence-corrected chi connectivity index (χ0v) is 24.5. The lowest BCUT2D eigenvalue weighted by Crippen LogP contribution is -2.52. The number of amides is 2. The number of halogens is 2. The van der Waals surface area contributed by atoms with Gasteiger partial charge in [-0.05, 0) is 56.2 Å². The van der Waals surface area contributed by atoms with Gasteiger partial charge in [-0.15, -0.1) is 0 Å². The Bertz CT molecular complexity index is 1480. The number of hydrogen-bond acceptors (Lipinski definition) is 5. The third-order valence-corrected chi connectivity index (χ3v) is 9.20. The molecule has 0 aromatic heterocycles. The second kappa shape index (κ2) is 13.4. The van der Waals surface area contributed by atoms with Crippen LogP contribution >= 0.6 is 11.6 Å². The summed E-state index contributed by atoms with van der Waals surface area (Å²) in [7, 11) is -2.93. The quantitative estimate of drug-likeness (QED) is 0.328. The summed E-state index contributed by atoms with van der Waals surface area (Å²) < 4.78 is 48.9. The molecule has 0 radical (unpaired) electrons. The van der Waals surface area contributed by atoms with Crippen molar-refractivity contribution in [2.45, 2.75) is 56.1 Å². The number of methoxy groups -OCH3 is 1. The number of hydrogen-bond donors (Lipinski definition) is 1. The largest absolute Gasteiger partial charge is 0.495 e. The Morgan fingerprint density at radius 1 is 1.05 bits per heavy atom. The first-order chi connectivity index (χ1) is 19.6. The van der Waals surface area contributed by atoms with Crippen molar-refractivity contribution in [2.75, 3.05) is 18.0 Å². The molecule has 0 aliphatic heterocycles. The number of nitrogens with one attached hydrogen (secondary N) is 1. The molecule has 8 nitrogen and oxygen atoms in total. The Kier molecular flexibility index (Phi) is 9.88. The summed E-state index contributed by atoms with van der Waals surface area (Å²) in [6.45, 7) is 0.624. The van der Waals surface area contributed by atoms with Crippen molar-refractivity contribution >= 4 is 39.1 Å². The maximum absolute atomic E-state index is 14.7. The fourth-order valence-electron chi connectivity index (χ4n) is 4.88. The fraction of sp³-hybridized carbons (Fsp3) is 0.333. The Morgan fingerprint density at radius 3 is 2.37 bits per heavy atom. The minimum Gasteiger partial charge on any atom is -0.495 e. The normalized spacial score (nSPS) is 14.3. The third-order valence-electron chi connectivity index (χ3n) is 7.19. The van der Waals surface area contributed by atoms with Gasteiger partial charge in [0.15, 0.2) is 0 Å². The average molecular weight is 602 g/mol. The number of rotatable bonds is 11. The van der Waals surface area contributed by atoms with Crippen LogP contribution in [0.2, 0.25) is 5.02 Å². The number of ether oxygens (including phenoxy) is 1. The van der Waals surface area contributed by atoms with Crippen LogP contribution < -0.4 is 14.4 Å². The van der Waals surface area contributed by atoms with Gasteiger partial charge in [0.05, 0.1) is 17.7 Å². The number of carbonyl (C=O) groups excluding carboxylic acids is 2. The second-order valence-electron chi connectivity index (χ2n) is 9.92. The van der Waals surface area contributed by atoms with Crippen LogP contribution in [-0.2, 0) is 26.2 Å². The molecule has 0 heterocycles. The molecule has 3 aromatic rings. The van der Waals surface area contributed by atoms with Crippen molar-refractivity contribution in [3.8, 4) is 5.75 Å². The molecule has 1 saturated carbocycles. The van der Waals surface area contributed by atoms with Crippen LogP contribution in [0, 0.1) is 5.82 Å². The molecule has 1 aliphatic rings. The second-order valence-corrected chi connectivity index (χ2v) is 12.2. The Morgan fingerprint density at radius 2 is 1.71 bits per heavy atom. The summed E-state index contributed by atoms with van der Waals surface area (Å²) in [5, 5.41) is 3.22. The van der Waals surface area contributed by atoms with E-state index in [2.05, 4.69) is 5.32 Å². The van der Waals surface area contributed by atoms with Crippen LogP contribution in [0.15, 0.2) is 77.7 Å². The molecule has 4 rings (SSSR count). The molecule has 218 valence electrons. The highest BCUT2D eigenvalue weighted by atomic mass is 35.5. The maximum Gasteiger partial charge on any atom is 0.264 e. The zero-order chi connectivity index (χ0) is 29.6. The van der Waals surface area contributed by atoms with Gasteiger partial charge in [-0.25, -0.2) is 12.8 Å². The highest BCUT2D eigenvalue weighted by molar-refractivity contribution is 7.92. The molecule has 0 saturated heterocycles. The molecule has 0 spiro atoms. The Labute approximate surface area is 245 Å². The van der Waals surface area contributed by atoms with E-state index in [1.807, 2.05) is 0 Å². The maximum atomic E-state index is 14.7. The lowest BCUT2D eigenvalue weighted by atomic mass is 10.1. The van der Waals surface area contributed by atoms with E-state index in [1.54, 1.807) is 37.3 Å². The molecule has 11 heteroatoms. The van der Waals surface area contributed by atoms with Gasteiger partial charge in [0.1, 0.15) is 24.2 Å². The lowest BCUT2D eigenvalue weighted by molar-refractivity contribution is -0.139. The van der Waals surface area contributed by atoms with Gasteiger partial charge in [0, 0.05) is 23.2 Å². The highest BCUT2D eigenvalue weighted by Crippen LogP contribution is 2.35. The summed E-state index contributed by atoms with van der Waals surface area (Å²) in [5.41, 5.74) is 0.241. The van der Waals surface area contributed by atoms with E-state index >= 15 is 0 Å². The summed E-state index contributed by atoms with van der Waals surface area (Å²) >= 11 is 6.24. The monoisotopic (exact) mass is 601 g/mol. The number of nitrogens with zero attached hydrogens (tertiary/aromatic N) is 2. The summed E-state index contributed by atoms with van der Waals surface area (Å²) in [4.78, 5) is 28.5. The van der Waals surface area contributed by atoms with Crippen LogP contribution in [0.5, 0.6) is 5.75 Å². The van der Waals surface area contributed by atoms with Crippen LogP contribution in [-0.4, -0.2) is 50.9 Å². The van der Waals surface area contributed by atoms with Crippen LogP contribution in [0.4, 0.5) is 10.1 Å². The van der Waals surface area contributed by atoms with E-state index in [-0.39, 0.29) is 45.4 Å². The predicted molar refractivity (Wildman–Crippen MR) is 156 cm³/mol. The van der Waals surface area contributed by atoms with Crippen molar-refractivity contribution in [3.05, 3.63) is 89.2 Å². The zero-order valence-electron chi connectivity index (χ0n) is 22.9. The number of anilines is 1. The summed E-state index contributed by atoms with van der Waals surface area (Å²) in [6, 6.07) is 17.0. The molecule has 41 heavy (non-hydrogen) atoms. The van der Waals surface area contributed by atoms with Crippen LogP contribution in [0.3, 0.4) is 0 Å². The molecule has 0 bridgehead atoms. The van der Waals surface area contributed by atoms with Crippen molar-refractivity contribution in [3.63, 3.8) is 0 Å². The number of benzene rings is 3. The minimum atomic E-state index is -4.31. The Balaban J connectivity index is 1.74. The van der Waals surface area contributed by atoms with Crippen molar-refractivity contribution in [1.29, 1.82) is 0 Å². The van der Waals surface area contributed by atoms with E-state index in [0.717, 1.165) is 30.0 Å². The van der Waals surface area contributed by atoms with Gasteiger partial charge >= 0.3 is 0 Å². The lowest BCUT2D eigenvalue weighted by Gasteiger charge is -2.33. The van der Waals surface area contributed by atoms with Gasteiger partial charge in [-0.1, -0.05) is 60.8 Å². The van der Waals surface area contributed by atoms with Gasteiger partial charge in [0.25, 0.3) is 10.0 Å². The van der Waals surface area contributed by atoms with Crippen molar-refractivity contribution in [1.82, 2.24) is 10.2 Å². The smallest absolute Gasteiger partial charge is 0.264 e. The van der Waals surface area contributed by atoms with E-state index in [0.29, 0.717) is 0 Å². The van der Waals surface area contributed by atoms with Gasteiger partial charge in [0.2, 0.25) is 11.8 Å². The van der Waals surface area contributed by atoms with Gasteiger partial charge in [-0.3, -0.25) is 13.9 Å². The molecule has 3 aromatic carbocycles. The minimum absolute atomic E-state index is 0.000965.